The molecule has 0 aromatic heterocycles. The van der Waals surface area contributed by atoms with Crippen LogP contribution in [0.5, 0.6) is 5.75 Å². The molecule has 1 fully saturated rings. The highest BCUT2D eigenvalue weighted by molar-refractivity contribution is 5.37. The van der Waals surface area contributed by atoms with Gasteiger partial charge in [0.05, 0.1) is 5.60 Å². The maximum Gasteiger partial charge on any atom is 0.121 e. The van der Waals surface area contributed by atoms with Crippen molar-refractivity contribution in [2.24, 2.45) is 5.92 Å². The van der Waals surface area contributed by atoms with Gasteiger partial charge >= 0.3 is 0 Å². The zero-order valence-electron chi connectivity index (χ0n) is 8.90. The van der Waals surface area contributed by atoms with Crippen molar-refractivity contribution in [3.63, 3.8) is 0 Å². The van der Waals surface area contributed by atoms with Crippen molar-refractivity contribution in [2.75, 3.05) is 13.1 Å². The molecule has 0 saturated carbocycles. The van der Waals surface area contributed by atoms with E-state index in [1.165, 1.54) is 0 Å². The van der Waals surface area contributed by atoms with Crippen LogP contribution in [0.4, 0.5) is 0 Å². The van der Waals surface area contributed by atoms with Crippen LogP contribution in [-0.2, 0) is 5.60 Å². The molecule has 0 amide bonds. The second kappa shape index (κ2) is 3.83. The minimum Gasteiger partial charge on any atom is -0.508 e. The van der Waals surface area contributed by atoms with Crippen molar-refractivity contribution in [1.29, 1.82) is 0 Å². The minimum absolute atomic E-state index is 0.172. The molecule has 1 saturated heterocycles. The lowest BCUT2D eigenvalue weighted by atomic mass is 9.82. The van der Waals surface area contributed by atoms with Crippen molar-refractivity contribution < 1.29 is 10.2 Å². The Morgan fingerprint density at radius 2 is 2.13 bits per heavy atom. The van der Waals surface area contributed by atoms with Gasteiger partial charge in [-0.15, -0.1) is 0 Å². The molecule has 15 heavy (non-hydrogen) atoms. The van der Waals surface area contributed by atoms with E-state index in [4.69, 9.17) is 0 Å². The van der Waals surface area contributed by atoms with Gasteiger partial charge in [0.25, 0.3) is 0 Å². The highest BCUT2D eigenvalue weighted by Gasteiger charge is 2.37. The van der Waals surface area contributed by atoms with E-state index < -0.39 is 5.60 Å². The molecule has 0 bridgehead atoms. The van der Waals surface area contributed by atoms with Crippen molar-refractivity contribution in [3.05, 3.63) is 29.8 Å². The smallest absolute Gasteiger partial charge is 0.121 e. The number of benzene rings is 1. The van der Waals surface area contributed by atoms with Gasteiger partial charge in [0, 0.05) is 18.0 Å². The number of aliphatic hydroxyl groups is 1. The summed E-state index contributed by atoms with van der Waals surface area (Å²) in [5.41, 5.74) is -0.326. The molecule has 2 rings (SSSR count). The highest BCUT2D eigenvalue weighted by atomic mass is 16.3. The fourth-order valence-electron chi connectivity index (χ4n) is 2.26. The molecule has 1 aromatic rings. The van der Waals surface area contributed by atoms with Crippen LogP contribution in [0, 0.1) is 5.92 Å². The quantitative estimate of drug-likeness (QED) is 0.683. The lowest BCUT2D eigenvalue weighted by Gasteiger charge is -2.30. The zero-order valence-corrected chi connectivity index (χ0v) is 8.90. The average Bonchev–Trinajstić information content (AvgIpc) is 2.71. The molecule has 0 aliphatic carbocycles. The van der Waals surface area contributed by atoms with Crippen LogP contribution >= 0.6 is 0 Å². The Labute approximate surface area is 89.8 Å². The standard InChI is InChI=1S/C12H17NO2/c1-12(15,9-6-7-13-8-9)10-4-2-3-5-11(10)14/h2-5,9,13-15H,6-8H2,1H3. The van der Waals surface area contributed by atoms with Gasteiger partial charge in [0.1, 0.15) is 5.75 Å². The van der Waals surface area contributed by atoms with Crippen LogP contribution in [0.15, 0.2) is 24.3 Å². The first kappa shape index (κ1) is 10.5. The van der Waals surface area contributed by atoms with Crippen LogP contribution in [0.2, 0.25) is 0 Å². The fourth-order valence-corrected chi connectivity index (χ4v) is 2.26. The van der Waals surface area contributed by atoms with Crippen LogP contribution in [-0.4, -0.2) is 23.3 Å². The molecule has 1 aliphatic heterocycles. The molecule has 82 valence electrons. The van der Waals surface area contributed by atoms with Crippen molar-refractivity contribution in [2.45, 2.75) is 18.9 Å². The number of nitrogens with one attached hydrogen (secondary N) is 1. The second-order valence-corrected chi connectivity index (χ2v) is 4.35. The number of hydrogen-bond donors (Lipinski definition) is 3. The van der Waals surface area contributed by atoms with E-state index in [0.29, 0.717) is 5.56 Å². The molecule has 1 aliphatic rings. The number of aromatic hydroxyl groups is 1. The predicted molar refractivity (Wildman–Crippen MR) is 58.7 cm³/mol. The third-order valence-electron chi connectivity index (χ3n) is 3.30. The normalized spacial score (nSPS) is 25.1. The Morgan fingerprint density at radius 3 is 2.73 bits per heavy atom. The molecular weight excluding hydrogens is 190 g/mol. The maximum atomic E-state index is 10.5. The molecule has 1 heterocycles. The Hall–Kier alpha value is -1.06. The number of para-hydroxylation sites is 1. The summed E-state index contributed by atoms with van der Waals surface area (Å²) in [4.78, 5) is 0. The summed E-state index contributed by atoms with van der Waals surface area (Å²) in [5, 5.41) is 23.4. The minimum atomic E-state index is -0.950. The first-order valence-corrected chi connectivity index (χ1v) is 5.34. The largest absolute Gasteiger partial charge is 0.508 e. The number of hydrogen-bond acceptors (Lipinski definition) is 3. The fraction of sp³-hybridized carbons (Fsp3) is 0.500. The van der Waals surface area contributed by atoms with Crippen molar-refractivity contribution in [3.8, 4) is 5.75 Å². The van der Waals surface area contributed by atoms with E-state index in [1.807, 2.05) is 6.07 Å². The van der Waals surface area contributed by atoms with Gasteiger partial charge in [-0.3, -0.25) is 0 Å². The lowest BCUT2D eigenvalue weighted by molar-refractivity contribution is 0.000226. The molecular formula is C12H17NO2. The topological polar surface area (TPSA) is 52.5 Å². The first-order chi connectivity index (χ1) is 7.12. The number of phenols is 1. The maximum absolute atomic E-state index is 10.5. The van der Waals surface area contributed by atoms with Gasteiger partial charge in [-0.25, -0.2) is 0 Å². The van der Waals surface area contributed by atoms with E-state index in [0.717, 1.165) is 19.5 Å². The first-order valence-electron chi connectivity index (χ1n) is 5.34. The van der Waals surface area contributed by atoms with Crippen LogP contribution in [0.25, 0.3) is 0 Å². The predicted octanol–water partition coefficient (Wildman–Crippen LogP) is 1.21. The molecule has 3 N–H and O–H groups in total. The third kappa shape index (κ3) is 1.85. The van der Waals surface area contributed by atoms with E-state index >= 15 is 0 Å². The van der Waals surface area contributed by atoms with E-state index in [2.05, 4.69) is 5.32 Å². The number of rotatable bonds is 2. The van der Waals surface area contributed by atoms with E-state index in [1.54, 1.807) is 25.1 Å². The van der Waals surface area contributed by atoms with Crippen LogP contribution in [0.1, 0.15) is 18.9 Å². The van der Waals surface area contributed by atoms with Gasteiger partial charge in [0.2, 0.25) is 0 Å². The molecule has 0 radical (unpaired) electrons. The average molecular weight is 207 g/mol. The van der Waals surface area contributed by atoms with Gasteiger partial charge in [-0.2, -0.15) is 0 Å². The molecule has 1 aromatic carbocycles. The lowest BCUT2D eigenvalue weighted by Crippen LogP contribution is -2.33. The summed E-state index contributed by atoms with van der Waals surface area (Å²) in [6, 6.07) is 7.01. The summed E-state index contributed by atoms with van der Waals surface area (Å²) in [7, 11) is 0. The van der Waals surface area contributed by atoms with Gasteiger partial charge in [-0.1, -0.05) is 18.2 Å². The Balaban J connectivity index is 2.31. The Morgan fingerprint density at radius 1 is 1.40 bits per heavy atom. The van der Waals surface area contributed by atoms with Crippen LogP contribution in [0.3, 0.4) is 0 Å². The summed E-state index contributed by atoms with van der Waals surface area (Å²) in [6.07, 6.45) is 0.946. The Kier molecular flexibility index (Phi) is 2.67. The molecule has 2 atom stereocenters. The van der Waals surface area contributed by atoms with Crippen LogP contribution < -0.4 is 5.32 Å². The Bertz CT molecular complexity index is 343. The highest BCUT2D eigenvalue weighted by Crippen LogP contribution is 2.37. The SMILES string of the molecule is CC(O)(c1ccccc1O)C1CCNC1. The molecule has 2 unspecified atom stereocenters. The third-order valence-corrected chi connectivity index (χ3v) is 3.30. The summed E-state index contributed by atoms with van der Waals surface area (Å²) >= 11 is 0. The molecule has 0 spiro atoms. The van der Waals surface area contributed by atoms with Gasteiger partial charge in [0.15, 0.2) is 0 Å². The monoisotopic (exact) mass is 207 g/mol. The zero-order chi connectivity index (χ0) is 10.9. The van der Waals surface area contributed by atoms with Gasteiger partial charge < -0.3 is 15.5 Å². The van der Waals surface area contributed by atoms with Gasteiger partial charge in [-0.05, 0) is 26.0 Å². The summed E-state index contributed by atoms with van der Waals surface area (Å²) in [5.74, 6) is 0.347. The number of phenolic OH excluding ortho intramolecular Hbond substituents is 1. The summed E-state index contributed by atoms with van der Waals surface area (Å²) in [6.45, 7) is 3.52. The summed E-state index contributed by atoms with van der Waals surface area (Å²) < 4.78 is 0. The molecule has 3 heteroatoms. The second-order valence-electron chi connectivity index (χ2n) is 4.35. The van der Waals surface area contributed by atoms with Crippen molar-refractivity contribution in [1.82, 2.24) is 5.32 Å². The molecule has 3 nitrogen and oxygen atoms in total. The van der Waals surface area contributed by atoms with E-state index in [9.17, 15) is 10.2 Å². The van der Waals surface area contributed by atoms with Crippen molar-refractivity contribution >= 4 is 0 Å². The van der Waals surface area contributed by atoms with E-state index in [-0.39, 0.29) is 11.7 Å².